The van der Waals surface area contributed by atoms with E-state index in [1.807, 2.05) is 6.07 Å². The Morgan fingerprint density at radius 2 is 2.19 bits per heavy atom. The molecule has 0 radical (unpaired) electrons. The Hall–Kier alpha value is -3.34. The third kappa shape index (κ3) is 5.89. The molecular weight excluding hydrogens is 458 g/mol. The number of hydrazine groups is 1. The van der Waals surface area contributed by atoms with Gasteiger partial charge in [0.15, 0.2) is 0 Å². The standard InChI is InChI=1S/C26H33N7O3/c1-17-24-8-10-33(14-19(24)5-6-25(17)36-16-22-13-28-32-30-22)15-23(34)12-21-11-18(7-9-27-21)26(35)31-29-20-3-2-4-20/h5-7,9,11,13,20,23,29,34H,2-4,8,10,12,14-16H2,1H3,(H,31,35)(H,28,30,32)/t23-/m0/s1. The zero-order valence-corrected chi connectivity index (χ0v) is 20.5. The van der Waals surface area contributed by atoms with Crippen molar-refractivity contribution in [1.29, 1.82) is 0 Å². The number of aliphatic hydroxyl groups is 1. The number of hydrogen-bond donors (Lipinski definition) is 4. The number of rotatable bonds is 10. The van der Waals surface area contributed by atoms with E-state index in [-0.39, 0.29) is 5.91 Å². The van der Waals surface area contributed by atoms with E-state index in [4.69, 9.17) is 4.74 Å². The van der Waals surface area contributed by atoms with E-state index in [0.717, 1.165) is 49.4 Å². The van der Waals surface area contributed by atoms with Crippen LogP contribution in [0.1, 0.15) is 57.7 Å². The number of aliphatic hydroxyl groups excluding tert-OH is 1. The fourth-order valence-electron chi connectivity index (χ4n) is 4.76. The fraction of sp³-hybridized carbons (Fsp3) is 0.462. The molecule has 1 aromatic carbocycles. The first kappa shape index (κ1) is 24.4. The number of H-pyrrole nitrogens is 1. The lowest BCUT2D eigenvalue weighted by atomic mass is 9.94. The second-order valence-corrected chi connectivity index (χ2v) is 9.68. The number of β-amino-alcohol motifs (C(OH)–C–C–N with tert-alkyl or cyclic N) is 1. The molecule has 1 atom stereocenters. The minimum atomic E-state index is -0.573. The molecule has 3 heterocycles. The Morgan fingerprint density at radius 3 is 2.97 bits per heavy atom. The predicted octanol–water partition coefficient (Wildman–Crippen LogP) is 1.84. The normalized spacial score (nSPS) is 16.7. The van der Waals surface area contributed by atoms with Gasteiger partial charge in [-0.1, -0.05) is 12.5 Å². The van der Waals surface area contributed by atoms with Gasteiger partial charge in [-0.3, -0.25) is 20.1 Å². The lowest BCUT2D eigenvalue weighted by Crippen LogP contribution is -2.47. The predicted molar refractivity (Wildman–Crippen MR) is 133 cm³/mol. The van der Waals surface area contributed by atoms with Crippen LogP contribution < -0.4 is 15.6 Å². The van der Waals surface area contributed by atoms with Crippen LogP contribution in [0.15, 0.2) is 36.7 Å². The first-order chi connectivity index (χ1) is 17.5. The summed E-state index contributed by atoms with van der Waals surface area (Å²) in [5, 5.41) is 21.2. The maximum absolute atomic E-state index is 12.4. The Labute approximate surface area is 210 Å². The van der Waals surface area contributed by atoms with E-state index in [1.54, 1.807) is 24.5 Å². The smallest absolute Gasteiger partial charge is 0.265 e. The Kier molecular flexibility index (Phi) is 7.55. The fourth-order valence-corrected chi connectivity index (χ4v) is 4.76. The average Bonchev–Trinajstić information content (AvgIpc) is 3.36. The summed E-state index contributed by atoms with van der Waals surface area (Å²) in [6.45, 7) is 4.66. The van der Waals surface area contributed by atoms with E-state index in [0.29, 0.717) is 36.9 Å². The van der Waals surface area contributed by atoms with E-state index >= 15 is 0 Å². The topological polar surface area (TPSA) is 128 Å². The van der Waals surface area contributed by atoms with Crippen molar-refractivity contribution in [3.05, 3.63) is 70.3 Å². The van der Waals surface area contributed by atoms with Crippen molar-refractivity contribution in [2.75, 3.05) is 13.1 Å². The molecule has 1 fully saturated rings. The SMILES string of the molecule is Cc1c(OCc2cn[nH]n2)ccc2c1CCN(C[C@@H](O)Cc1cc(C(=O)NNC3CCC3)ccn1)C2. The number of nitrogens with zero attached hydrogens (tertiary/aromatic N) is 4. The third-order valence-electron chi connectivity index (χ3n) is 7.05. The van der Waals surface area contributed by atoms with Gasteiger partial charge >= 0.3 is 0 Å². The highest BCUT2D eigenvalue weighted by Gasteiger charge is 2.22. The molecule has 0 spiro atoms. The van der Waals surface area contributed by atoms with Crippen LogP contribution in [0.2, 0.25) is 0 Å². The van der Waals surface area contributed by atoms with E-state index < -0.39 is 6.10 Å². The van der Waals surface area contributed by atoms with E-state index in [1.165, 1.54) is 17.5 Å². The highest BCUT2D eigenvalue weighted by atomic mass is 16.5. The molecule has 0 unspecified atom stereocenters. The van der Waals surface area contributed by atoms with Gasteiger partial charge < -0.3 is 9.84 Å². The van der Waals surface area contributed by atoms with Crippen LogP contribution in [0.4, 0.5) is 0 Å². The highest BCUT2D eigenvalue weighted by molar-refractivity contribution is 5.93. The molecule has 0 saturated heterocycles. The van der Waals surface area contributed by atoms with Crippen molar-refractivity contribution in [3.8, 4) is 5.75 Å². The van der Waals surface area contributed by atoms with Crippen LogP contribution in [0.5, 0.6) is 5.75 Å². The van der Waals surface area contributed by atoms with Gasteiger partial charge in [0.2, 0.25) is 0 Å². The molecule has 1 aliphatic heterocycles. The summed E-state index contributed by atoms with van der Waals surface area (Å²) in [6.07, 6.45) is 7.39. The lowest BCUT2D eigenvalue weighted by molar-refractivity contribution is 0.0912. The van der Waals surface area contributed by atoms with Crippen LogP contribution in [0.3, 0.4) is 0 Å². The molecule has 4 N–H and O–H groups in total. The van der Waals surface area contributed by atoms with Crippen LogP contribution in [-0.2, 0) is 26.0 Å². The molecule has 190 valence electrons. The first-order valence-electron chi connectivity index (χ1n) is 12.5. The average molecular weight is 492 g/mol. The van der Waals surface area contributed by atoms with Crippen molar-refractivity contribution >= 4 is 5.91 Å². The summed E-state index contributed by atoms with van der Waals surface area (Å²) in [5.41, 5.74) is 11.6. The van der Waals surface area contributed by atoms with Crippen LogP contribution in [0.25, 0.3) is 0 Å². The number of hydrogen-bond acceptors (Lipinski definition) is 8. The molecule has 36 heavy (non-hydrogen) atoms. The van der Waals surface area contributed by atoms with Crippen molar-refractivity contribution < 1.29 is 14.6 Å². The zero-order valence-electron chi connectivity index (χ0n) is 20.5. The zero-order chi connectivity index (χ0) is 24.9. The first-order valence-corrected chi connectivity index (χ1v) is 12.5. The number of pyridine rings is 1. The van der Waals surface area contributed by atoms with Gasteiger partial charge in [-0.2, -0.15) is 15.4 Å². The van der Waals surface area contributed by atoms with Gasteiger partial charge in [-0.25, -0.2) is 5.43 Å². The molecular formula is C26H33N7O3. The Balaban J connectivity index is 1.13. The molecule has 2 aliphatic rings. The molecule has 2 aromatic heterocycles. The largest absolute Gasteiger partial charge is 0.487 e. The minimum absolute atomic E-state index is 0.174. The quantitative estimate of drug-likeness (QED) is 0.316. The second-order valence-electron chi connectivity index (χ2n) is 9.68. The molecule has 5 rings (SSSR count). The lowest BCUT2D eigenvalue weighted by Gasteiger charge is -2.31. The maximum Gasteiger partial charge on any atom is 0.265 e. The number of carbonyl (C=O) groups excluding carboxylic acids is 1. The summed E-state index contributed by atoms with van der Waals surface area (Å²) in [6, 6.07) is 7.95. The number of aromatic nitrogens is 4. The Bertz CT molecular complexity index is 1180. The number of amides is 1. The maximum atomic E-state index is 12.4. The number of aromatic amines is 1. The molecule has 10 nitrogen and oxygen atoms in total. The highest BCUT2D eigenvalue weighted by Crippen LogP contribution is 2.30. The van der Waals surface area contributed by atoms with E-state index in [9.17, 15) is 9.90 Å². The molecule has 1 amide bonds. The Morgan fingerprint density at radius 1 is 1.31 bits per heavy atom. The monoisotopic (exact) mass is 491 g/mol. The third-order valence-corrected chi connectivity index (χ3v) is 7.05. The minimum Gasteiger partial charge on any atom is -0.487 e. The van der Waals surface area contributed by atoms with Crippen LogP contribution in [-0.4, -0.2) is 61.5 Å². The summed E-state index contributed by atoms with van der Waals surface area (Å²) in [5.74, 6) is 0.690. The van der Waals surface area contributed by atoms with Crippen LogP contribution >= 0.6 is 0 Å². The van der Waals surface area contributed by atoms with Gasteiger partial charge in [-0.15, -0.1) is 0 Å². The molecule has 3 aromatic rings. The van der Waals surface area contributed by atoms with Crippen molar-refractivity contribution in [1.82, 2.24) is 36.1 Å². The van der Waals surface area contributed by atoms with Crippen molar-refractivity contribution in [2.24, 2.45) is 0 Å². The molecule has 0 bridgehead atoms. The van der Waals surface area contributed by atoms with Crippen molar-refractivity contribution in [3.63, 3.8) is 0 Å². The number of ether oxygens (including phenoxy) is 1. The van der Waals surface area contributed by atoms with Crippen LogP contribution in [0, 0.1) is 6.92 Å². The molecule has 10 heteroatoms. The van der Waals surface area contributed by atoms with Crippen molar-refractivity contribution in [2.45, 2.75) is 64.3 Å². The summed E-state index contributed by atoms with van der Waals surface area (Å²) in [7, 11) is 0. The number of benzene rings is 1. The summed E-state index contributed by atoms with van der Waals surface area (Å²) < 4.78 is 5.95. The van der Waals surface area contributed by atoms with Gasteiger partial charge in [-0.05, 0) is 61.1 Å². The van der Waals surface area contributed by atoms with E-state index in [2.05, 4.69) is 49.1 Å². The number of carbonyl (C=O) groups is 1. The number of nitrogens with one attached hydrogen (secondary N) is 3. The van der Waals surface area contributed by atoms with Gasteiger partial charge in [0.05, 0.1) is 12.3 Å². The molecule has 1 saturated carbocycles. The van der Waals surface area contributed by atoms with Gasteiger partial charge in [0, 0.05) is 49.6 Å². The summed E-state index contributed by atoms with van der Waals surface area (Å²) in [4.78, 5) is 19.1. The van der Waals surface area contributed by atoms with Gasteiger partial charge in [0.25, 0.3) is 5.91 Å². The summed E-state index contributed by atoms with van der Waals surface area (Å²) >= 11 is 0. The molecule has 1 aliphatic carbocycles. The second kappa shape index (κ2) is 11.2. The number of fused-ring (bicyclic) bond motifs is 1. The van der Waals surface area contributed by atoms with Gasteiger partial charge in [0.1, 0.15) is 18.1 Å².